The van der Waals surface area contributed by atoms with Crippen molar-refractivity contribution in [1.29, 1.82) is 0 Å². The number of ether oxygens (including phenoxy) is 1. The molecule has 1 atom stereocenters. The van der Waals surface area contributed by atoms with Gasteiger partial charge in [-0.2, -0.15) is 13.2 Å². The number of halogens is 4. The van der Waals surface area contributed by atoms with E-state index >= 15 is 0 Å². The lowest BCUT2D eigenvalue weighted by Crippen LogP contribution is -2.61. The van der Waals surface area contributed by atoms with Crippen molar-refractivity contribution in [2.24, 2.45) is 0 Å². The second-order valence-corrected chi connectivity index (χ2v) is 14.2. The number of fused-ring (bicyclic) bond motifs is 1. The maximum atomic E-state index is 13.7. The number of rotatable bonds is 6. The van der Waals surface area contributed by atoms with Crippen LogP contribution in [0, 0.1) is 6.92 Å². The van der Waals surface area contributed by atoms with Crippen LogP contribution in [0.15, 0.2) is 60.0 Å². The summed E-state index contributed by atoms with van der Waals surface area (Å²) in [7, 11) is -4.12. The van der Waals surface area contributed by atoms with E-state index in [0.717, 1.165) is 9.54 Å². The van der Waals surface area contributed by atoms with Crippen LogP contribution in [0.5, 0.6) is 0 Å². The second kappa shape index (κ2) is 12.6. The topological polar surface area (TPSA) is 140 Å². The Labute approximate surface area is 273 Å². The summed E-state index contributed by atoms with van der Waals surface area (Å²) in [5.74, 6) is -0.879. The fourth-order valence-electron chi connectivity index (χ4n) is 4.97. The number of piperazine rings is 1. The minimum Gasteiger partial charge on any atom is -0.444 e. The van der Waals surface area contributed by atoms with Gasteiger partial charge in [-0.25, -0.2) is 27.2 Å². The fraction of sp³-hybridized carbons (Fsp3) is 0.367. The second-order valence-electron chi connectivity index (χ2n) is 11.9. The zero-order valence-electron chi connectivity index (χ0n) is 25.7. The molecule has 17 heteroatoms. The maximum absolute atomic E-state index is 13.7. The minimum atomic E-state index is -4.66. The van der Waals surface area contributed by atoms with Crippen molar-refractivity contribution < 1.29 is 35.9 Å². The SMILES string of the molecule is Cc1ccc(S(=O)(=O)n2cc(-c3cncc(N4CCN(C(=O)OC(C)(C)C)C[C@@H]4C(=O)NCC(F)(F)F)n3)c3cc(Cl)cnc32)cc1. The van der Waals surface area contributed by atoms with Gasteiger partial charge in [-0.05, 0) is 45.9 Å². The summed E-state index contributed by atoms with van der Waals surface area (Å²) in [5.41, 5.74) is 0.583. The van der Waals surface area contributed by atoms with Gasteiger partial charge in [0.1, 0.15) is 24.0 Å². The molecule has 4 aromatic rings. The third-order valence-electron chi connectivity index (χ3n) is 7.15. The van der Waals surface area contributed by atoms with E-state index in [0.29, 0.717) is 10.9 Å². The smallest absolute Gasteiger partial charge is 0.410 e. The first-order valence-corrected chi connectivity index (χ1v) is 16.1. The summed E-state index contributed by atoms with van der Waals surface area (Å²) >= 11 is 6.25. The Kier molecular flexibility index (Phi) is 9.12. The predicted octanol–water partition coefficient (Wildman–Crippen LogP) is 4.80. The zero-order chi connectivity index (χ0) is 34.3. The van der Waals surface area contributed by atoms with E-state index < -0.39 is 46.4 Å². The van der Waals surface area contributed by atoms with E-state index in [-0.39, 0.29) is 46.7 Å². The summed E-state index contributed by atoms with van der Waals surface area (Å²) < 4.78 is 72.9. The third kappa shape index (κ3) is 7.59. The van der Waals surface area contributed by atoms with Gasteiger partial charge >= 0.3 is 12.3 Å². The highest BCUT2D eigenvalue weighted by atomic mass is 35.5. The molecule has 0 saturated carbocycles. The number of carbonyl (C=O) groups excluding carboxylic acids is 2. The molecule has 250 valence electrons. The van der Waals surface area contributed by atoms with Gasteiger partial charge in [0.05, 0.1) is 34.6 Å². The molecule has 1 fully saturated rings. The Morgan fingerprint density at radius 2 is 1.79 bits per heavy atom. The molecule has 1 saturated heterocycles. The number of carbonyl (C=O) groups is 2. The van der Waals surface area contributed by atoms with Gasteiger partial charge in [0.2, 0.25) is 5.91 Å². The van der Waals surface area contributed by atoms with Crippen LogP contribution in [-0.2, 0) is 19.6 Å². The number of hydrogen-bond donors (Lipinski definition) is 1. The van der Waals surface area contributed by atoms with Crippen molar-refractivity contribution in [1.82, 2.24) is 29.1 Å². The molecule has 1 aliphatic heterocycles. The van der Waals surface area contributed by atoms with Crippen LogP contribution in [0.1, 0.15) is 26.3 Å². The molecule has 12 nitrogen and oxygen atoms in total. The molecule has 2 amide bonds. The van der Waals surface area contributed by atoms with Gasteiger partial charge in [0, 0.05) is 36.4 Å². The van der Waals surface area contributed by atoms with Crippen LogP contribution >= 0.6 is 11.6 Å². The van der Waals surface area contributed by atoms with Gasteiger partial charge < -0.3 is 19.9 Å². The lowest BCUT2D eigenvalue weighted by Gasteiger charge is -2.41. The normalized spacial score (nSPS) is 16.0. The van der Waals surface area contributed by atoms with E-state index in [2.05, 4.69) is 15.0 Å². The zero-order valence-corrected chi connectivity index (χ0v) is 27.3. The van der Waals surface area contributed by atoms with Crippen LogP contribution in [0.3, 0.4) is 0 Å². The highest BCUT2D eigenvalue weighted by molar-refractivity contribution is 7.90. The highest BCUT2D eigenvalue weighted by Crippen LogP contribution is 2.34. The molecule has 0 aliphatic carbocycles. The molecular formula is C30H31ClF3N7O5S. The summed E-state index contributed by atoms with van der Waals surface area (Å²) in [5, 5.41) is 2.46. The van der Waals surface area contributed by atoms with E-state index in [4.69, 9.17) is 16.3 Å². The lowest BCUT2D eigenvalue weighted by molar-refractivity contribution is -0.139. The van der Waals surface area contributed by atoms with Crippen LogP contribution in [-0.4, -0.2) is 88.2 Å². The summed E-state index contributed by atoms with van der Waals surface area (Å²) in [6, 6.07) is 6.54. The van der Waals surface area contributed by atoms with Crippen LogP contribution in [0.4, 0.5) is 23.8 Å². The highest BCUT2D eigenvalue weighted by Gasteiger charge is 2.38. The quantitative estimate of drug-likeness (QED) is 0.302. The summed E-state index contributed by atoms with van der Waals surface area (Å²) in [6.07, 6.45) is -0.0437. The standard InChI is InChI=1S/C30H31ClF3N7O5S/c1-18-5-7-20(8-6-18)47(44,45)41-15-22(21-11-19(31)12-36-26(21)41)23-13-35-14-25(38-23)40-10-9-39(28(43)46-29(2,3)4)16-24(40)27(42)37-17-30(32,33)34/h5-8,11-15,24H,9-10,16-17H2,1-4H3,(H,37,42)/t24-/m1/s1. The van der Waals surface area contributed by atoms with E-state index in [1.165, 1.54) is 52.8 Å². The lowest BCUT2D eigenvalue weighted by atomic mass is 10.1. The predicted molar refractivity (Wildman–Crippen MR) is 168 cm³/mol. The average Bonchev–Trinajstić information content (AvgIpc) is 3.38. The molecule has 0 bridgehead atoms. The molecule has 3 aromatic heterocycles. The Bertz CT molecular complexity index is 1930. The number of benzene rings is 1. The number of aromatic nitrogens is 4. The van der Waals surface area contributed by atoms with Gasteiger partial charge in [-0.15, -0.1) is 0 Å². The number of nitrogens with zero attached hydrogens (tertiary/aromatic N) is 6. The molecule has 1 N–H and O–H groups in total. The van der Waals surface area contributed by atoms with E-state index in [9.17, 15) is 31.2 Å². The van der Waals surface area contributed by atoms with Crippen molar-refractivity contribution in [2.75, 3.05) is 31.1 Å². The number of amides is 2. The molecule has 4 heterocycles. The Morgan fingerprint density at radius 1 is 1.09 bits per heavy atom. The molecule has 5 rings (SSSR count). The first-order chi connectivity index (χ1) is 21.9. The number of aryl methyl sites for hydroxylation is 1. The van der Waals surface area contributed by atoms with Crippen molar-refractivity contribution >= 4 is 50.5 Å². The van der Waals surface area contributed by atoms with Crippen LogP contribution in [0.25, 0.3) is 22.3 Å². The fourth-order valence-corrected chi connectivity index (χ4v) is 6.45. The molecule has 0 spiro atoms. The summed E-state index contributed by atoms with van der Waals surface area (Å²) in [4.78, 5) is 41.8. The summed E-state index contributed by atoms with van der Waals surface area (Å²) in [6.45, 7) is 5.03. The number of anilines is 1. The van der Waals surface area contributed by atoms with Gasteiger partial charge in [-0.1, -0.05) is 29.3 Å². The van der Waals surface area contributed by atoms with Crippen molar-refractivity contribution in [2.45, 2.75) is 50.4 Å². The van der Waals surface area contributed by atoms with E-state index in [1.54, 1.807) is 32.9 Å². The number of pyridine rings is 1. The molecule has 0 unspecified atom stereocenters. The van der Waals surface area contributed by atoms with Crippen molar-refractivity contribution in [3.05, 3.63) is 65.7 Å². The van der Waals surface area contributed by atoms with Gasteiger partial charge in [0.15, 0.2) is 5.65 Å². The minimum absolute atomic E-state index is 0.00156. The monoisotopic (exact) mass is 693 g/mol. The Balaban J connectivity index is 1.54. The third-order valence-corrected chi connectivity index (χ3v) is 9.02. The first kappa shape index (κ1) is 33.9. The first-order valence-electron chi connectivity index (χ1n) is 14.3. The Morgan fingerprint density at radius 3 is 2.45 bits per heavy atom. The number of alkyl halides is 3. The largest absolute Gasteiger partial charge is 0.444 e. The Hall–Kier alpha value is -4.44. The number of nitrogens with one attached hydrogen (secondary N) is 1. The molecule has 47 heavy (non-hydrogen) atoms. The van der Waals surface area contributed by atoms with Crippen molar-refractivity contribution in [3.63, 3.8) is 0 Å². The average molecular weight is 694 g/mol. The van der Waals surface area contributed by atoms with E-state index in [1.807, 2.05) is 12.2 Å². The molecule has 1 aliphatic rings. The molecule has 1 aromatic carbocycles. The van der Waals surface area contributed by atoms with Crippen LogP contribution < -0.4 is 10.2 Å². The van der Waals surface area contributed by atoms with Gasteiger partial charge in [-0.3, -0.25) is 9.78 Å². The van der Waals surface area contributed by atoms with Gasteiger partial charge in [0.25, 0.3) is 10.0 Å². The van der Waals surface area contributed by atoms with Crippen molar-refractivity contribution in [3.8, 4) is 11.3 Å². The maximum Gasteiger partial charge on any atom is 0.410 e. The van der Waals surface area contributed by atoms with Crippen LogP contribution in [0.2, 0.25) is 5.02 Å². The molecule has 0 radical (unpaired) electrons. The number of hydrogen-bond acceptors (Lipinski definition) is 9. The molecular weight excluding hydrogens is 663 g/mol.